The summed E-state index contributed by atoms with van der Waals surface area (Å²) in [7, 11) is 1.26. The van der Waals surface area contributed by atoms with Crippen LogP contribution in [0, 0.1) is 0 Å². The normalized spacial score (nSPS) is 12.5. The number of pyridine rings is 1. The van der Waals surface area contributed by atoms with E-state index in [2.05, 4.69) is 25.1 Å². The van der Waals surface area contributed by atoms with Crippen molar-refractivity contribution >= 4 is 23.3 Å². The molecule has 0 saturated heterocycles. The molecule has 0 saturated carbocycles. The van der Waals surface area contributed by atoms with Crippen molar-refractivity contribution in [1.29, 1.82) is 0 Å². The zero-order valence-electron chi connectivity index (χ0n) is 15.2. The Bertz CT molecular complexity index is 1020. The number of nitrogens with zero attached hydrogens (tertiary/aromatic N) is 4. The Morgan fingerprint density at radius 1 is 1.24 bits per heavy atom. The smallest absolute Gasteiger partial charge is 0.416 e. The van der Waals surface area contributed by atoms with Crippen molar-refractivity contribution in [2.45, 2.75) is 19.1 Å². The fraction of sp³-hybridized carbons (Fsp3) is 0.222. The molecule has 3 rings (SSSR count). The number of alkyl halides is 3. The molecule has 0 aliphatic heterocycles. The number of anilines is 1. The van der Waals surface area contributed by atoms with Crippen molar-refractivity contribution in [2.75, 3.05) is 12.4 Å². The van der Waals surface area contributed by atoms with Crippen LogP contribution in [0.4, 0.5) is 18.9 Å². The lowest BCUT2D eigenvalue weighted by atomic mass is 10.1. The molecule has 0 radical (unpaired) electrons. The van der Waals surface area contributed by atoms with Gasteiger partial charge in [-0.3, -0.25) is 0 Å². The van der Waals surface area contributed by atoms with Crippen LogP contribution in [0.2, 0.25) is 5.02 Å². The summed E-state index contributed by atoms with van der Waals surface area (Å²) in [4.78, 5) is 19.8. The van der Waals surface area contributed by atoms with Crippen molar-refractivity contribution < 1.29 is 22.7 Å². The molecule has 1 N–H and O–H groups in total. The molecule has 0 fully saturated rings. The summed E-state index contributed by atoms with van der Waals surface area (Å²) in [5.41, 5.74) is -0.412. The maximum atomic E-state index is 13.0. The molecule has 1 atom stereocenters. The minimum Gasteiger partial charge on any atom is -0.465 e. The number of halogens is 4. The number of esters is 1. The van der Waals surface area contributed by atoms with Gasteiger partial charge < -0.3 is 10.1 Å². The molecule has 0 aliphatic rings. The summed E-state index contributed by atoms with van der Waals surface area (Å²) in [6, 6.07) is 5.75. The van der Waals surface area contributed by atoms with Gasteiger partial charge in [0.2, 0.25) is 0 Å². The third-order valence-corrected chi connectivity index (χ3v) is 4.17. The second kappa shape index (κ2) is 8.08. The van der Waals surface area contributed by atoms with Crippen molar-refractivity contribution in [1.82, 2.24) is 19.7 Å². The molecule has 3 aromatic rings. The van der Waals surface area contributed by atoms with Gasteiger partial charge in [-0.1, -0.05) is 11.6 Å². The molecule has 0 bridgehead atoms. The number of carbonyl (C=O) groups excluding carboxylic acids is 1. The van der Waals surface area contributed by atoms with Crippen molar-refractivity contribution in [3.63, 3.8) is 0 Å². The summed E-state index contributed by atoms with van der Waals surface area (Å²) in [5, 5.41) is 6.99. The molecule has 1 aromatic carbocycles. The standard InChI is InChI=1S/C18H15ClF3N5O2/c1-10(26-14-6-12(18(20,21)22)5-13(19)7-14)16-24-9-25-27(16)15-4-3-11(8-23-15)17(28)29-2/h3-10,26H,1-2H3/t10-/m0/s1. The van der Waals surface area contributed by atoms with Gasteiger partial charge in [-0.15, -0.1) is 0 Å². The van der Waals surface area contributed by atoms with Gasteiger partial charge >= 0.3 is 12.1 Å². The van der Waals surface area contributed by atoms with E-state index in [9.17, 15) is 18.0 Å². The van der Waals surface area contributed by atoms with Crippen LogP contribution in [-0.4, -0.2) is 32.8 Å². The van der Waals surface area contributed by atoms with Crippen LogP contribution in [0.1, 0.15) is 34.7 Å². The fourth-order valence-corrected chi connectivity index (χ4v) is 2.86. The molecule has 7 nitrogen and oxygen atoms in total. The second-order valence-corrected chi connectivity index (χ2v) is 6.46. The fourth-order valence-electron chi connectivity index (χ4n) is 2.62. The van der Waals surface area contributed by atoms with Crippen LogP contribution in [0.5, 0.6) is 0 Å². The molecule has 29 heavy (non-hydrogen) atoms. The van der Waals surface area contributed by atoms with Gasteiger partial charge in [0.25, 0.3) is 0 Å². The highest BCUT2D eigenvalue weighted by Gasteiger charge is 2.31. The lowest BCUT2D eigenvalue weighted by Crippen LogP contribution is -2.15. The summed E-state index contributed by atoms with van der Waals surface area (Å²) in [6.07, 6.45) is -1.89. The molecule has 0 spiro atoms. The third-order valence-electron chi connectivity index (χ3n) is 3.96. The summed E-state index contributed by atoms with van der Waals surface area (Å²) in [5.74, 6) is 0.247. The molecular formula is C18H15ClF3N5O2. The number of carbonyl (C=O) groups is 1. The molecule has 11 heteroatoms. The largest absolute Gasteiger partial charge is 0.465 e. The second-order valence-electron chi connectivity index (χ2n) is 6.02. The van der Waals surface area contributed by atoms with Crippen LogP contribution in [-0.2, 0) is 10.9 Å². The van der Waals surface area contributed by atoms with E-state index >= 15 is 0 Å². The van der Waals surface area contributed by atoms with Gasteiger partial charge in [-0.25, -0.2) is 14.8 Å². The maximum absolute atomic E-state index is 13.0. The SMILES string of the molecule is COC(=O)c1ccc(-n2ncnc2[C@H](C)Nc2cc(Cl)cc(C(F)(F)F)c2)nc1. The number of hydrogen-bond donors (Lipinski definition) is 1. The molecule has 0 aliphatic carbocycles. The summed E-state index contributed by atoms with van der Waals surface area (Å²) < 4.78 is 45.0. The zero-order valence-corrected chi connectivity index (χ0v) is 16.0. The number of ether oxygens (including phenoxy) is 1. The van der Waals surface area contributed by atoms with E-state index in [1.54, 1.807) is 13.0 Å². The third kappa shape index (κ3) is 4.65. The van der Waals surface area contributed by atoms with E-state index in [1.807, 2.05) is 0 Å². The van der Waals surface area contributed by atoms with Gasteiger partial charge in [0.05, 0.1) is 24.3 Å². The number of hydrogen-bond acceptors (Lipinski definition) is 6. The Morgan fingerprint density at radius 3 is 2.62 bits per heavy atom. The topological polar surface area (TPSA) is 81.9 Å². The monoisotopic (exact) mass is 425 g/mol. The van der Waals surface area contributed by atoms with E-state index < -0.39 is 23.8 Å². The molecule has 2 aromatic heterocycles. The van der Waals surface area contributed by atoms with E-state index in [0.717, 1.165) is 12.1 Å². The van der Waals surface area contributed by atoms with Gasteiger partial charge in [0.1, 0.15) is 6.33 Å². The Kier molecular flexibility index (Phi) is 5.73. The van der Waals surface area contributed by atoms with Gasteiger partial charge in [0.15, 0.2) is 11.6 Å². The first-order valence-electron chi connectivity index (χ1n) is 8.28. The Labute approximate surface area is 168 Å². The van der Waals surface area contributed by atoms with Crippen molar-refractivity contribution in [2.24, 2.45) is 0 Å². The quantitative estimate of drug-likeness (QED) is 0.614. The summed E-state index contributed by atoms with van der Waals surface area (Å²) >= 11 is 5.82. The highest BCUT2D eigenvalue weighted by atomic mass is 35.5. The van der Waals surface area contributed by atoms with Crippen LogP contribution in [0.3, 0.4) is 0 Å². The minimum atomic E-state index is -4.52. The van der Waals surface area contributed by atoms with Crippen molar-refractivity contribution in [3.8, 4) is 5.82 Å². The number of aromatic nitrogens is 4. The molecular weight excluding hydrogens is 411 g/mol. The van der Waals surface area contributed by atoms with Gasteiger partial charge in [-0.2, -0.15) is 23.0 Å². The lowest BCUT2D eigenvalue weighted by molar-refractivity contribution is -0.137. The molecule has 0 unspecified atom stereocenters. The van der Waals surface area contributed by atoms with Gasteiger partial charge in [0, 0.05) is 16.9 Å². The van der Waals surface area contributed by atoms with E-state index in [0.29, 0.717) is 11.6 Å². The highest BCUT2D eigenvalue weighted by Crippen LogP contribution is 2.34. The number of rotatable bonds is 5. The van der Waals surface area contributed by atoms with E-state index in [-0.39, 0.29) is 16.3 Å². The first-order chi connectivity index (χ1) is 13.7. The minimum absolute atomic E-state index is 0.0453. The predicted octanol–water partition coefficient (Wildman–Crippen LogP) is 4.29. The van der Waals surface area contributed by atoms with Crippen LogP contribution < -0.4 is 5.32 Å². The van der Waals surface area contributed by atoms with Crippen LogP contribution >= 0.6 is 11.6 Å². The highest BCUT2D eigenvalue weighted by molar-refractivity contribution is 6.30. The Morgan fingerprint density at radius 2 is 2.00 bits per heavy atom. The first kappa shape index (κ1) is 20.6. The predicted molar refractivity (Wildman–Crippen MR) is 99.0 cm³/mol. The average molecular weight is 426 g/mol. The zero-order chi connectivity index (χ0) is 21.2. The van der Waals surface area contributed by atoms with Crippen LogP contribution in [0.25, 0.3) is 5.82 Å². The summed E-state index contributed by atoms with van der Waals surface area (Å²) in [6.45, 7) is 1.71. The number of methoxy groups -OCH3 is 1. The molecule has 152 valence electrons. The van der Waals surface area contributed by atoms with Crippen molar-refractivity contribution in [3.05, 3.63) is 64.8 Å². The Balaban J connectivity index is 1.85. The molecule has 2 heterocycles. The maximum Gasteiger partial charge on any atom is 0.416 e. The van der Waals surface area contributed by atoms with Gasteiger partial charge in [-0.05, 0) is 37.3 Å². The lowest BCUT2D eigenvalue weighted by Gasteiger charge is -2.17. The van der Waals surface area contributed by atoms with E-state index in [4.69, 9.17) is 11.6 Å². The Hall–Kier alpha value is -3.14. The molecule has 0 amide bonds. The van der Waals surface area contributed by atoms with E-state index in [1.165, 1.54) is 36.4 Å². The number of benzene rings is 1. The first-order valence-corrected chi connectivity index (χ1v) is 8.66. The number of nitrogens with one attached hydrogen (secondary N) is 1. The average Bonchev–Trinajstić information content (AvgIpc) is 3.16. The van der Waals surface area contributed by atoms with Crippen LogP contribution in [0.15, 0.2) is 42.9 Å².